The predicted molar refractivity (Wildman–Crippen MR) is 167 cm³/mol. The molecule has 0 rings (SSSR count). The molecule has 0 fully saturated rings. The van der Waals surface area contributed by atoms with E-state index in [9.17, 15) is 14.4 Å². The van der Waals surface area contributed by atoms with Crippen molar-refractivity contribution in [2.24, 2.45) is 0 Å². The van der Waals surface area contributed by atoms with Crippen molar-refractivity contribution in [3.63, 3.8) is 0 Å². The molecule has 0 radical (unpaired) electrons. The van der Waals surface area contributed by atoms with Crippen molar-refractivity contribution >= 4 is 17.9 Å². The first kappa shape index (κ1) is 38.2. The number of amides is 3. The summed E-state index contributed by atoms with van der Waals surface area (Å²) in [6.07, 6.45) is 23.9. The van der Waals surface area contributed by atoms with Crippen molar-refractivity contribution in [1.82, 2.24) is 16.0 Å². The Bertz CT molecular complexity index is 634. The van der Waals surface area contributed by atoms with Crippen molar-refractivity contribution in [1.29, 1.82) is 0 Å². The van der Waals surface area contributed by atoms with E-state index in [1.54, 1.807) is 20.8 Å². The van der Waals surface area contributed by atoms with Crippen LogP contribution in [0.1, 0.15) is 169 Å². The summed E-state index contributed by atoms with van der Waals surface area (Å²) in [5.74, 6) is -0.568. The van der Waals surface area contributed by atoms with Crippen LogP contribution in [-0.2, 0) is 14.3 Å². The highest BCUT2D eigenvalue weighted by molar-refractivity contribution is 5.90. The predicted octanol–water partition coefficient (Wildman–Crippen LogP) is 8.34. The van der Waals surface area contributed by atoms with Gasteiger partial charge in [-0.05, 0) is 33.6 Å². The highest BCUT2D eigenvalue weighted by atomic mass is 16.6. The Labute approximate surface area is 247 Å². The lowest BCUT2D eigenvalue weighted by Gasteiger charge is -2.23. The van der Waals surface area contributed by atoms with Crippen LogP contribution < -0.4 is 16.0 Å². The molecule has 40 heavy (non-hydrogen) atoms. The number of nitrogens with one attached hydrogen (secondary N) is 3. The van der Waals surface area contributed by atoms with Gasteiger partial charge in [0.15, 0.2) is 0 Å². The van der Waals surface area contributed by atoms with Gasteiger partial charge in [0, 0.05) is 13.1 Å². The zero-order valence-electron chi connectivity index (χ0n) is 27.0. The van der Waals surface area contributed by atoms with E-state index in [0.717, 1.165) is 25.7 Å². The number of unbranched alkanes of at least 4 members (excludes halogenated alkanes) is 18. The lowest BCUT2D eigenvalue weighted by molar-refractivity contribution is -0.128. The van der Waals surface area contributed by atoms with Crippen LogP contribution in [0.5, 0.6) is 0 Å². The van der Waals surface area contributed by atoms with Crippen LogP contribution in [0.2, 0.25) is 0 Å². The van der Waals surface area contributed by atoms with E-state index in [-0.39, 0.29) is 18.2 Å². The third-order valence-electron chi connectivity index (χ3n) is 7.08. The summed E-state index contributed by atoms with van der Waals surface area (Å²) in [5.41, 5.74) is -0.682. The van der Waals surface area contributed by atoms with Crippen LogP contribution in [-0.4, -0.2) is 42.6 Å². The SMILES string of the molecule is CCCCCCCCCCCCNC(=O)C[C@H](NC(=O)OC(C)(C)C)C(=O)NCCCCCCCCCCCC. The molecule has 0 saturated heterocycles. The van der Waals surface area contributed by atoms with Gasteiger partial charge in [-0.2, -0.15) is 0 Å². The number of rotatable bonds is 26. The Morgan fingerprint density at radius 1 is 0.575 bits per heavy atom. The first-order chi connectivity index (χ1) is 19.2. The maximum Gasteiger partial charge on any atom is 0.408 e. The molecule has 0 saturated carbocycles. The Balaban J connectivity index is 4.27. The van der Waals surface area contributed by atoms with Crippen molar-refractivity contribution in [3.8, 4) is 0 Å². The molecule has 0 unspecified atom stereocenters. The fourth-order valence-electron chi connectivity index (χ4n) is 4.70. The molecular weight excluding hydrogens is 502 g/mol. The van der Waals surface area contributed by atoms with Crippen molar-refractivity contribution < 1.29 is 19.1 Å². The first-order valence-electron chi connectivity index (χ1n) is 16.7. The molecular formula is C33H65N3O4. The zero-order valence-corrected chi connectivity index (χ0v) is 27.0. The van der Waals surface area contributed by atoms with Gasteiger partial charge in [0.25, 0.3) is 0 Å². The van der Waals surface area contributed by atoms with Gasteiger partial charge in [0.1, 0.15) is 11.6 Å². The monoisotopic (exact) mass is 567 g/mol. The molecule has 0 aliphatic rings. The minimum atomic E-state index is -0.953. The lowest BCUT2D eigenvalue weighted by atomic mass is 10.1. The van der Waals surface area contributed by atoms with Gasteiger partial charge < -0.3 is 20.7 Å². The van der Waals surface area contributed by atoms with E-state index in [0.29, 0.717) is 13.1 Å². The molecule has 0 bridgehead atoms. The van der Waals surface area contributed by atoms with E-state index < -0.39 is 17.7 Å². The molecule has 7 nitrogen and oxygen atoms in total. The topological polar surface area (TPSA) is 96.5 Å². The van der Waals surface area contributed by atoms with Gasteiger partial charge in [0.2, 0.25) is 11.8 Å². The Morgan fingerprint density at radius 3 is 1.35 bits per heavy atom. The van der Waals surface area contributed by atoms with E-state index in [4.69, 9.17) is 4.74 Å². The molecule has 7 heteroatoms. The van der Waals surface area contributed by atoms with Crippen molar-refractivity contribution in [2.45, 2.75) is 181 Å². The zero-order chi connectivity index (χ0) is 29.9. The second-order valence-electron chi connectivity index (χ2n) is 12.4. The summed E-state index contributed by atoms with van der Waals surface area (Å²) in [6, 6.07) is -0.953. The Hall–Kier alpha value is -1.79. The largest absolute Gasteiger partial charge is 0.444 e. The molecule has 3 amide bonds. The maximum absolute atomic E-state index is 12.8. The number of ether oxygens (including phenoxy) is 1. The Morgan fingerprint density at radius 2 is 0.950 bits per heavy atom. The minimum Gasteiger partial charge on any atom is -0.444 e. The quantitative estimate of drug-likeness (QED) is 0.0915. The van der Waals surface area contributed by atoms with E-state index >= 15 is 0 Å². The minimum absolute atomic E-state index is 0.0964. The Kier molecular flexibility index (Phi) is 25.0. The number of hydrogen-bond donors (Lipinski definition) is 3. The van der Waals surface area contributed by atoms with Crippen LogP contribution >= 0.6 is 0 Å². The van der Waals surface area contributed by atoms with Gasteiger partial charge in [0.05, 0.1) is 6.42 Å². The fraction of sp³-hybridized carbons (Fsp3) is 0.909. The van der Waals surface area contributed by atoms with Crippen LogP contribution in [0.25, 0.3) is 0 Å². The third kappa shape index (κ3) is 26.4. The summed E-state index contributed by atoms with van der Waals surface area (Å²) < 4.78 is 5.32. The molecule has 3 N–H and O–H groups in total. The molecule has 0 aliphatic heterocycles. The second-order valence-corrected chi connectivity index (χ2v) is 12.4. The molecule has 0 spiro atoms. The van der Waals surface area contributed by atoms with Gasteiger partial charge in [-0.3, -0.25) is 9.59 Å². The van der Waals surface area contributed by atoms with E-state index in [1.165, 1.54) is 103 Å². The highest BCUT2D eigenvalue weighted by Gasteiger charge is 2.26. The van der Waals surface area contributed by atoms with Crippen LogP contribution in [0.15, 0.2) is 0 Å². The van der Waals surface area contributed by atoms with Crippen LogP contribution in [0, 0.1) is 0 Å². The standard InChI is InChI=1S/C33H65N3O4/c1-6-8-10-12-14-16-18-20-22-24-26-34-30(37)28-29(36-32(39)40-33(3,4)5)31(38)35-27-25-23-21-19-17-15-13-11-9-7-2/h29H,6-28H2,1-5H3,(H,34,37)(H,35,38)(H,36,39)/t29-/m0/s1. The van der Waals surface area contributed by atoms with E-state index in [1.807, 2.05) is 0 Å². The van der Waals surface area contributed by atoms with Gasteiger partial charge >= 0.3 is 6.09 Å². The number of hydrogen-bond acceptors (Lipinski definition) is 4. The van der Waals surface area contributed by atoms with Gasteiger partial charge in [-0.1, -0.05) is 129 Å². The molecule has 0 heterocycles. The van der Waals surface area contributed by atoms with Crippen molar-refractivity contribution in [3.05, 3.63) is 0 Å². The van der Waals surface area contributed by atoms with E-state index in [2.05, 4.69) is 29.8 Å². The molecule has 0 aromatic heterocycles. The fourth-order valence-corrected chi connectivity index (χ4v) is 4.70. The summed E-state index contributed by atoms with van der Waals surface area (Å²) in [7, 11) is 0. The smallest absolute Gasteiger partial charge is 0.408 e. The molecule has 0 aromatic rings. The lowest BCUT2D eigenvalue weighted by Crippen LogP contribution is -2.50. The summed E-state index contributed by atoms with van der Waals surface area (Å²) in [6.45, 7) is 10.9. The summed E-state index contributed by atoms with van der Waals surface area (Å²) in [4.78, 5) is 37.7. The maximum atomic E-state index is 12.8. The second kappa shape index (κ2) is 26.1. The molecule has 0 aliphatic carbocycles. The molecule has 1 atom stereocenters. The first-order valence-corrected chi connectivity index (χ1v) is 16.7. The third-order valence-corrected chi connectivity index (χ3v) is 7.08. The average Bonchev–Trinajstić information content (AvgIpc) is 2.88. The number of carbonyl (C=O) groups excluding carboxylic acids is 3. The summed E-state index contributed by atoms with van der Waals surface area (Å²) in [5, 5.41) is 8.42. The average molecular weight is 568 g/mol. The van der Waals surface area contributed by atoms with Crippen LogP contribution in [0.3, 0.4) is 0 Å². The van der Waals surface area contributed by atoms with Gasteiger partial charge in [-0.25, -0.2) is 4.79 Å². The highest BCUT2D eigenvalue weighted by Crippen LogP contribution is 2.12. The molecule has 236 valence electrons. The number of carbonyl (C=O) groups is 3. The molecule has 0 aromatic carbocycles. The normalized spacial score (nSPS) is 12.1. The van der Waals surface area contributed by atoms with Gasteiger partial charge in [-0.15, -0.1) is 0 Å². The van der Waals surface area contributed by atoms with Crippen LogP contribution in [0.4, 0.5) is 4.79 Å². The number of alkyl carbamates (subject to hydrolysis) is 1. The van der Waals surface area contributed by atoms with Crippen molar-refractivity contribution in [2.75, 3.05) is 13.1 Å². The summed E-state index contributed by atoms with van der Waals surface area (Å²) >= 11 is 0.